The van der Waals surface area contributed by atoms with Crippen LogP contribution in [0.5, 0.6) is 0 Å². The van der Waals surface area contributed by atoms with E-state index in [0.29, 0.717) is 37.6 Å². The lowest BCUT2D eigenvalue weighted by Crippen LogP contribution is -2.67. The van der Waals surface area contributed by atoms with Crippen LogP contribution in [0.4, 0.5) is 10.6 Å². The minimum Gasteiger partial charge on any atom is -0.457 e. The molecule has 1 fully saturated rings. The number of benzene rings is 2. The van der Waals surface area contributed by atoms with Gasteiger partial charge in [0.2, 0.25) is 0 Å². The van der Waals surface area contributed by atoms with Crippen LogP contribution in [0.3, 0.4) is 0 Å². The van der Waals surface area contributed by atoms with E-state index >= 15 is 0 Å². The van der Waals surface area contributed by atoms with Gasteiger partial charge in [0, 0.05) is 18.5 Å². The van der Waals surface area contributed by atoms with Crippen molar-refractivity contribution < 1.29 is 32.3 Å². The van der Waals surface area contributed by atoms with Gasteiger partial charge in [-0.25, -0.2) is 14.2 Å². The van der Waals surface area contributed by atoms with Gasteiger partial charge in [-0.15, -0.1) is 11.8 Å². The predicted octanol–water partition coefficient (Wildman–Crippen LogP) is 6.00. The van der Waals surface area contributed by atoms with Gasteiger partial charge in [-0.3, -0.25) is 4.57 Å². The standard InChI is InChI=1S/C33H46N3O8PSSi/c1-6-41-45(39,42-7-2)32(38)40-23-15-14-21-34-28-20-22-36(31(37)35-28)29-25-46-30(44-29)24-43-47(33(3,4)5,26-16-10-8-11-17-26)27-18-12-9-13-19-27/h8-13,16-20,22,29-30H,6-7,14-15,21,23-25H2,1-5H3,(H,34,35,37)/t29-,30+/m1/s1. The number of carbonyl (C=O) groups excluding carboxylic acids is 1. The van der Waals surface area contributed by atoms with Crippen LogP contribution < -0.4 is 21.4 Å². The third-order valence-electron chi connectivity index (χ3n) is 7.65. The molecule has 3 aromatic rings. The number of thioether (sulfide) groups is 1. The van der Waals surface area contributed by atoms with Crippen molar-refractivity contribution >= 4 is 49.6 Å². The molecule has 1 N–H and O–H groups in total. The number of rotatable bonds is 17. The monoisotopic (exact) mass is 703 g/mol. The molecule has 47 heavy (non-hydrogen) atoms. The number of hydrogen-bond donors (Lipinski definition) is 1. The Morgan fingerprint density at radius 2 is 1.64 bits per heavy atom. The Morgan fingerprint density at radius 3 is 2.19 bits per heavy atom. The second kappa shape index (κ2) is 17.1. The lowest BCUT2D eigenvalue weighted by molar-refractivity contribution is -0.00349. The Morgan fingerprint density at radius 1 is 1.02 bits per heavy atom. The van der Waals surface area contributed by atoms with Crippen molar-refractivity contribution in [1.29, 1.82) is 0 Å². The van der Waals surface area contributed by atoms with E-state index < -0.39 is 33.5 Å². The maximum Gasteiger partial charge on any atom is 0.438 e. The van der Waals surface area contributed by atoms with E-state index in [1.807, 2.05) is 12.1 Å². The van der Waals surface area contributed by atoms with Gasteiger partial charge in [0.05, 0.1) is 26.4 Å². The molecule has 0 unspecified atom stereocenters. The largest absolute Gasteiger partial charge is 0.457 e. The molecule has 0 spiro atoms. The Labute approximate surface area is 282 Å². The van der Waals surface area contributed by atoms with Crippen LogP contribution in [0.2, 0.25) is 5.04 Å². The van der Waals surface area contributed by atoms with E-state index in [1.165, 1.54) is 14.9 Å². The molecule has 2 atom stereocenters. The molecule has 2 aromatic carbocycles. The summed E-state index contributed by atoms with van der Waals surface area (Å²) in [6, 6.07) is 22.7. The zero-order valence-corrected chi connectivity index (χ0v) is 30.5. The first-order valence-electron chi connectivity index (χ1n) is 16.0. The van der Waals surface area contributed by atoms with E-state index in [-0.39, 0.29) is 30.3 Å². The first-order chi connectivity index (χ1) is 22.5. The first-order valence-corrected chi connectivity index (χ1v) is 20.5. The third-order valence-corrected chi connectivity index (χ3v) is 15.5. The molecule has 0 saturated carbocycles. The van der Waals surface area contributed by atoms with E-state index in [0.717, 1.165) is 0 Å². The average Bonchev–Trinajstić information content (AvgIpc) is 3.52. The van der Waals surface area contributed by atoms with Crippen molar-refractivity contribution in [2.24, 2.45) is 0 Å². The number of hydrogen-bond acceptors (Lipinski definition) is 11. The van der Waals surface area contributed by atoms with Crippen molar-refractivity contribution in [3.8, 4) is 0 Å². The van der Waals surface area contributed by atoms with Gasteiger partial charge in [-0.2, -0.15) is 4.98 Å². The number of anilines is 1. The molecule has 256 valence electrons. The maximum atomic E-state index is 13.0. The van der Waals surface area contributed by atoms with E-state index in [1.54, 1.807) is 37.9 Å². The minimum atomic E-state index is -3.92. The molecule has 0 bridgehead atoms. The van der Waals surface area contributed by atoms with Crippen LogP contribution in [-0.4, -0.2) is 67.7 Å². The van der Waals surface area contributed by atoms with Crippen LogP contribution in [0.25, 0.3) is 0 Å². The normalized spacial score (nSPS) is 17.0. The highest BCUT2D eigenvalue weighted by Crippen LogP contribution is 2.49. The first kappa shape index (κ1) is 37.1. The van der Waals surface area contributed by atoms with E-state index in [9.17, 15) is 14.2 Å². The van der Waals surface area contributed by atoms with Gasteiger partial charge in [0.25, 0.3) is 8.32 Å². The molecule has 1 saturated heterocycles. The fraction of sp³-hybridized carbons (Fsp3) is 0.485. The molecule has 14 heteroatoms. The summed E-state index contributed by atoms with van der Waals surface area (Å²) in [5, 5.41) is 5.38. The van der Waals surface area contributed by atoms with Crippen molar-refractivity contribution in [1.82, 2.24) is 9.55 Å². The van der Waals surface area contributed by atoms with Crippen LogP contribution in [-0.2, 0) is 27.5 Å². The molecular weight excluding hydrogens is 658 g/mol. The SMILES string of the molecule is CCOP(=O)(OCC)C(=O)OCCCCNc1ccn([C@H]2CS[C@@H](CO[Si](c3ccccc3)(c3ccccc3)C(C)(C)C)O2)c(=O)n1. The molecular formula is C33H46N3O8PSSi. The molecule has 0 radical (unpaired) electrons. The summed E-state index contributed by atoms with van der Waals surface area (Å²) in [5.74, 6) is 1.04. The number of nitrogens with one attached hydrogen (secondary N) is 1. The maximum absolute atomic E-state index is 13.0. The Bertz CT molecular complexity index is 1490. The number of nitrogens with zero attached hydrogens (tertiary/aromatic N) is 2. The summed E-state index contributed by atoms with van der Waals surface area (Å²) in [4.78, 5) is 29.3. The lowest BCUT2D eigenvalue weighted by atomic mass is 10.2. The zero-order valence-electron chi connectivity index (χ0n) is 27.8. The van der Waals surface area contributed by atoms with Crippen LogP contribution in [0.1, 0.15) is 53.7 Å². The van der Waals surface area contributed by atoms with Gasteiger partial charge in [0.1, 0.15) is 17.5 Å². The van der Waals surface area contributed by atoms with Crippen molar-refractivity contribution in [3.63, 3.8) is 0 Å². The Kier molecular flexibility index (Phi) is 13.4. The lowest BCUT2D eigenvalue weighted by Gasteiger charge is -2.43. The zero-order chi connectivity index (χ0) is 33.9. The number of unbranched alkanes of at least 4 members (excludes halogenated alkanes) is 1. The van der Waals surface area contributed by atoms with Gasteiger partial charge >= 0.3 is 19.0 Å². The number of aromatic nitrogens is 2. The van der Waals surface area contributed by atoms with Gasteiger partial charge in [-0.05, 0) is 48.2 Å². The second-order valence-corrected chi connectivity index (χ2v) is 19.3. The van der Waals surface area contributed by atoms with Crippen molar-refractivity contribution in [2.45, 2.75) is 64.2 Å². The molecule has 0 amide bonds. The highest BCUT2D eigenvalue weighted by molar-refractivity contribution is 8.00. The second-order valence-electron chi connectivity index (χ2n) is 11.9. The highest BCUT2D eigenvalue weighted by Gasteiger charge is 2.50. The molecule has 11 nitrogen and oxygen atoms in total. The summed E-state index contributed by atoms with van der Waals surface area (Å²) in [7, 11) is -6.63. The summed E-state index contributed by atoms with van der Waals surface area (Å²) in [6.07, 6.45) is 2.37. The average molecular weight is 704 g/mol. The molecule has 0 aliphatic carbocycles. The predicted molar refractivity (Wildman–Crippen MR) is 188 cm³/mol. The highest BCUT2D eigenvalue weighted by atomic mass is 32.2. The van der Waals surface area contributed by atoms with Gasteiger partial charge in [-0.1, -0.05) is 81.4 Å². The Balaban J connectivity index is 1.30. The van der Waals surface area contributed by atoms with Crippen LogP contribution >= 0.6 is 19.4 Å². The van der Waals surface area contributed by atoms with Crippen molar-refractivity contribution in [3.05, 3.63) is 83.4 Å². The summed E-state index contributed by atoms with van der Waals surface area (Å²) in [6.45, 7) is 11.1. The number of ether oxygens (including phenoxy) is 2. The third kappa shape index (κ3) is 9.23. The molecule has 2 heterocycles. The Hall–Kier alpha value is -2.77. The van der Waals surface area contributed by atoms with Crippen LogP contribution in [0.15, 0.2) is 77.7 Å². The number of carbonyl (C=O) groups is 1. The molecule has 1 aromatic heterocycles. The fourth-order valence-corrected chi connectivity index (χ4v) is 12.4. The van der Waals surface area contributed by atoms with E-state index in [4.69, 9.17) is 22.9 Å². The van der Waals surface area contributed by atoms with Crippen LogP contribution in [0, 0.1) is 0 Å². The molecule has 1 aliphatic heterocycles. The van der Waals surface area contributed by atoms with Gasteiger partial charge < -0.3 is 28.3 Å². The summed E-state index contributed by atoms with van der Waals surface area (Å²) < 4.78 is 42.4. The smallest absolute Gasteiger partial charge is 0.438 e. The quantitative estimate of drug-likeness (QED) is 0.101. The topological polar surface area (TPSA) is 127 Å². The fourth-order valence-electron chi connectivity index (χ4n) is 5.53. The summed E-state index contributed by atoms with van der Waals surface area (Å²) in [5.41, 5.74) is -1.63. The molecule has 1 aliphatic rings. The van der Waals surface area contributed by atoms with Crippen molar-refractivity contribution in [2.75, 3.05) is 44.0 Å². The van der Waals surface area contributed by atoms with Gasteiger partial charge in [0.15, 0.2) is 0 Å². The minimum absolute atomic E-state index is 0.0668. The summed E-state index contributed by atoms with van der Waals surface area (Å²) >= 11 is 1.63. The molecule has 4 rings (SSSR count). The van der Waals surface area contributed by atoms with E-state index in [2.05, 4.69) is 79.6 Å².